The Morgan fingerprint density at radius 1 is 1.36 bits per heavy atom. The van der Waals surface area contributed by atoms with Gasteiger partial charge in [-0.05, 0) is 28.1 Å². The second-order valence-corrected chi connectivity index (χ2v) is 6.32. The van der Waals surface area contributed by atoms with Gasteiger partial charge in [-0.2, -0.15) is 5.10 Å². The largest absolute Gasteiger partial charge is 0.324 e. The van der Waals surface area contributed by atoms with Crippen LogP contribution in [-0.4, -0.2) is 31.4 Å². The van der Waals surface area contributed by atoms with Crippen LogP contribution in [0.15, 0.2) is 46.3 Å². The molecule has 0 radical (unpaired) electrons. The minimum atomic E-state index is -0.0902. The van der Waals surface area contributed by atoms with Crippen molar-refractivity contribution in [3.8, 4) is 0 Å². The molecule has 1 N–H and O–H groups in total. The quantitative estimate of drug-likeness (QED) is 0.558. The van der Waals surface area contributed by atoms with Crippen LogP contribution in [0.2, 0.25) is 0 Å². The van der Waals surface area contributed by atoms with Gasteiger partial charge in [-0.1, -0.05) is 23.9 Å². The summed E-state index contributed by atoms with van der Waals surface area (Å²) >= 11 is 4.77. The van der Waals surface area contributed by atoms with E-state index in [2.05, 4.69) is 36.3 Å². The van der Waals surface area contributed by atoms with Crippen molar-refractivity contribution in [3.63, 3.8) is 0 Å². The van der Waals surface area contributed by atoms with Gasteiger partial charge in [-0.3, -0.25) is 9.48 Å². The predicted octanol–water partition coefficient (Wildman–Crippen LogP) is 2.86. The Hall–Kier alpha value is -1.93. The Morgan fingerprint density at radius 2 is 2.18 bits per heavy atom. The zero-order valence-corrected chi connectivity index (χ0v) is 14.1. The first-order valence-electron chi connectivity index (χ1n) is 6.45. The number of anilines is 1. The molecule has 0 saturated heterocycles. The molecule has 6 nitrogen and oxygen atoms in total. The number of para-hydroxylation sites is 1. The second-order valence-electron chi connectivity index (χ2n) is 4.50. The number of nitrogens with one attached hydrogen (secondary N) is 1. The van der Waals surface area contributed by atoms with Gasteiger partial charge in [0, 0.05) is 11.5 Å². The third-order valence-electron chi connectivity index (χ3n) is 2.98. The molecule has 1 aromatic carbocycles. The Labute approximate surface area is 139 Å². The number of halogens is 1. The fourth-order valence-corrected chi connectivity index (χ4v) is 3.08. The van der Waals surface area contributed by atoms with Crippen molar-refractivity contribution >= 4 is 50.3 Å². The summed E-state index contributed by atoms with van der Waals surface area (Å²) in [4.78, 5) is 20.5. The molecule has 0 bridgehead atoms. The van der Waals surface area contributed by atoms with E-state index < -0.39 is 0 Å². The van der Waals surface area contributed by atoms with Gasteiger partial charge in [0.15, 0.2) is 5.65 Å². The van der Waals surface area contributed by atoms with E-state index in [0.29, 0.717) is 0 Å². The number of carbonyl (C=O) groups excluding carboxylic acids is 1. The summed E-state index contributed by atoms with van der Waals surface area (Å²) in [6, 6.07) is 7.49. The Kier molecular flexibility index (Phi) is 4.39. The number of thioether (sulfide) groups is 1. The number of fused-ring (bicyclic) bond motifs is 1. The Balaban J connectivity index is 1.69. The van der Waals surface area contributed by atoms with Crippen LogP contribution in [0, 0.1) is 0 Å². The summed E-state index contributed by atoms with van der Waals surface area (Å²) < 4.78 is 2.53. The van der Waals surface area contributed by atoms with Crippen molar-refractivity contribution < 1.29 is 4.79 Å². The third kappa shape index (κ3) is 3.12. The van der Waals surface area contributed by atoms with Gasteiger partial charge in [0.05, 0.1) is 23.0 Å². The number of carbonyl (C=O) groups is 1. The molecule has 0 spiro atoms. The van der Waals surface area contributed by atoms with E-state index in [-0.39, 0.29) is 11.7 Å². The van der Waals surface area contributed by atoms with Gasteiger partial charge in [-0.15, -0.1) is 0 Å². The van der Waals surface area contributed by atoms with Crippen molar-refractivity contribution in [2.24, 2.45) is 7.05 Å². The lowest BCUT2D eigenvalue weighted by atomic mass is 10.3. The third-order valence-corrected chi connectivity index (χ3v) is 4.68. The Bertz CT molecular complexity index is 835. The summed E-state index contributed by atoms with van der Waals surface area (Å²) in [5.74, 6) is 0.176. The number of amides is 1. The molecule has 0 unspecified atom stereocenters. The molecule has 0 aliphatic heterocycles. The van der Waals surface area contributed by atoms with Crippen LogP contribution in [0.25, 0.3) is 11.0 Å². The zero-order chi connectivity index (χ0) is 15.5. The summed E-state index contributed by atoms with van der Waals surface area (Å²) in [7, 11) is 1.82. The highest BCUT2D eigenvalue weighted by molar-refractivity contribution is 9.10. The number of rotatable bonds is 4. The second kappa shape index (κ2) is 6.45. The normalized spacial score (nSPS) is 10.8. The molecule has 0 saturated carbocycles. The van der Waals surface area contributed by atoms with Gasteiger partial charge < -0.3 is 5.32 Å². The average Bonchev–Trinajstić information content (AvgIpc) is 2.90. The van der Waals surface area contributed by atoms with E-state index in [1.165, 1.54) is 18.1 Å². The van der Waals surface area contributed by atoms with Crippen molar-refractivity contribution in [3.05, 3.63) is 41.3 Å². The smallest absolute Gasteiger partial charge is 0.234 e. The van der Waals surface area contributed by atoms with E-state index >= 15 is 0 Å². The van der Waals surface area contributed by atoms with E-state index in [0.717, 1.165) is 26.2 Å². The number of aromatic nitrogens is 4. The molecule has 112 valence electrons. The van der Waals surface area contributed by atoms with Crippen LogP contribution in [0.3, 0.4) is 0 Å². The van der Waals surface area contributed by atoms with Crippen molar-refractivity contribution in [1.29, 1.82) is 0 Å². The highest BCUT2D eigenvalue weighted by Crippen LogP contribution is 2.25. The molecule has 3 rings (SSSR count). The molecular weight excluding hydrogens is 366 g/mol. The number of nitrogens with zero attached hydrogens (tertiary/aromatic N) is 4. The zero-order valence-electron chi connectivity index (χ0n) is 11.7. The molecule has 2 aromatic heterocycles. The van der Waals surface area contributed by atoms with Gasteiger partial charge in [0.2, 0.25) is 5.91 Å². The standard InChI is InChI=1S/C14H12BrN5OS/c1-20-13-9(6-18-20)14(17-8-16-13)22-7-12(21)19-11-5-3-2-4-10(11)15/h2-6,8H,7H2,1H3,(H,19,21). The molecule has 0 fully saturated rings. The van der Waals surface area contributed by atoms with E-state index in [4.69, 9.17) is 0 Å². The molecule has 8 heteroatoms. The lowest BCUT2D eigenvalue weighted by Gasteiger charge is -2.07. The summed E-state index contributed by atoms with van der Waals surface area (Å²) in [5, 5.41) is 8.62. The van der Waals surface area contributed by atoms with Crippen LogP contribution in [0.5, 0.6) is 0 Å². The van der Waals surface area contributed by atoms with Crippen LogP contribution < -0.4 is 5.32 Å². The lowest BCUT2D eigenvalue weighted by molar-refractivity contribution is -0.113. The molecular formula is C14H12BrN5OS. The lowest BCUT2D eigenvalue weighted by Crippen LogP contribution is -2.14. The van der Waals surface area contributed by atoms with Crippen molar-refractivity contribution in [1.82, 2.24) is 19.7 Å². The Morgan fingerprint density at radius 3 is 3.00 bits per heavy atom. The molecule has 0 aliphatic rings. The predicted molar refractivity (Wildman–Crippen MR) is 89.8 cm³/mol. The molecule has 1 amide bonds. The fraction of sp³-hybridized carbons (Fsp3) is 0.143. The molecule has 0 aliphatic carbocycles. The SMILES string of the molecule is Cn1ncc2c(SCC(=O)Nc3ccccc3Br)ncnc21. The van der Waals surface area contributed by atoms with E-state index in [9.17, 15) is 4.79 Å². The van der Waals surface area contributed by atoms with Gasteiger partial charge in [0.1, 0.15) is 11.4 Å². The van der Waals surface area contributed by atoms with Crippen molar-refractivity contribution in [2.75, 3.05) is 11.1 Å². The van der Waals surface area contributed by atoms with E-state index in [1.54, 1.807) is 10.9 Å². The van der Waals surface area contributed by atoms with Gasteiger partial charge >= 0.3 is 0 Å². The molecule has 2 heterocycles. The monoisotopic (exact) mass is 377 g/mol. The van der Waals surface area contributed by atoms with Crippen LogP contribution in [0.4, 0.5) is 5.69 Å². The highest BCUT2D eigenvalue weighted by Gasteiger charge is 2.11. The van der Waals surface area contributed by atoms with Gasteiger partial charge in [0.25, 0.3) is 0 Å². The van der Waals surface area contributed by atoms with Gasteiger partial charge in [-0.25, -0.2) is 9.97 Å². The summed E-state index contributed by atoms with van der Waals surface area (Å²) in [5.41, 5.74) is 1.51. The maximum absolute atomic E-state index is 12.1. The van der Waals surface area contributed by atoms with Crippen LogP contribution in [-0.2, 0) is 11.8 Å². The summed E-state index contributed by atoms with van der Waals surface area (Å²) in [6.07, 6.45) is 3.20. The first-order valence-corrected chi connectivity index (χ1v) is 8.23. The number of aryl methyl sites for hydroxylation is 1. The molecule has 3 aromatic rings. The molecule has 0 atom stereocenters. The maximum atomic E-state index is 12.1. The number of hydrogen-bond acceptors (Lipinski definition) is 5. The van der Waals surface area contributed by atoms with Crippen LogP contribution >= 0.6 is 27.7 Å². The fourth-order valence-electron chi connectivity index (χ4n) is 1.94. The minimum absolute atomic E-state index is 0.0902. The number of hydrogen-bond donors (Lipinski definition) is 1. The first-order chi connectivity index (χ1) is 10.6. The first kappa shape index (κ1) is 15.0. The topological polar surface area (TPSA) is 72.7 Å². The van der Waals surface area contributed by atoms with E-state index in [1.807, 2.05) is 31.3 Å². The number of benzene rings is 1. The summed E-state index contributed by atoms with van der Waals surface area (Å²) in [6.45, 7) is 0. The van der Waals surface area contributed by atoms with Crippen LogP contribution in [0.1, 0.15) is 0 Å². The highest BCUT2D eigenvalue weighted by atomic mass is 79.9. The average molecular weight is 378 g/mol. The maximum Gasteiger partial charge on any atom is 0.234 e. The minimum Gasteiger partial charge on any atom is -0.324 e. The molecule has 22 heavy (non-hydrogen) atoms. The van der Waals surface area contributed by atoms with Crippen molar-refractivity contribution in [2.45, 2.75) is 5.03 Å².